The fourth-order valence-electron chi connectivity index (χ4n) is 2.92. The SMILES string of the molecule is O=C(O)C=CC(O)=C1N[C@H]2C[C@@H]1N(c1ccccc1)C2. The van der Waals surface area contributed by atoms with Crippen LogP contribution in [0.4, 0.5) is 5.69 Å². The van der Waals surface area contributed by atoms with Gasteiger partial charge in [-0.15, -0.1) is 0 Å². The Morgan fingerprint density at radius 2 is 2.00 bits per heavy atom. The fourth-order valence-corrected chi connectivity index (χ4v) is 2.92. The van der Waals surface area contributed by atoms with Crippen LogP contribution in [0.25, 0.3) is 0 Å². The molecule has 5 heteroatoms. The highest BCUT2D eigenvalue weighted by Gasteiger charge is 2.42. The van der Waals surface area contributed by atoms with Gasteiger partial charge in [0.15, 0.2) is 0 Å². The molecule has 0 amide bonds. The number of nitrogens with one attached hydrogen (secondary N) is 1. The van der Waals surface area contributed by atoms with Gasteiger partial charge in [-0.1, -0.05) is 18.2 Å². The molecule has 104 valence electrons. The molecule has 2 aliphatic rings. The van der Waals surface area contributed by atoms with Gasteiger partial charge < -0.3 is 20.4 Å². The molecule has 5 nitrogen and oxygen atoms in total. The van der Waals surface area contributed by atoms with Crippen LogP contribution < -0.4 is 10.2 Å². The van der Waals surface area contributed by atoms with Crippen LogP contribution in [-0.2, 0) is 4.79 Å². The Balaban J connectivity index is 1.87. The van der Waals surface area contributed by atoms with E-state index >= 15 is 0 Å². The summed E-state index contributed by atoms with van der Waals surface area (Å²) < 4.78 is 0. The Labute approximate surface area is 116 Å². The number of nitrogens with zero attached hydrogens (tertiary/aromatic N) is 1. The van der Waals surface area contributed by atoms with E-state index in [0.29, 0.717) is 11.7 Å². The van der Waals surface area contributed by atoms with E-state index in [-0.39, 0.29) is 11.8 Å². The monoisotopic (exact) mass is 272 g/mol. The van der Waals surface area contributed by atoms with Crippen LogP contribution in [0.2, 0.25) is 0 Å². The number of hydrogen-bond donors (Lipinski definition) is 3. The fraction of sp³-hybridized carbons (Fsp3) is 0.267. The number of aliphatic hydroxyl groups is 1. The highest BCUT2D eigenvalue weighted by atomic mass is 16.4. The smallest absolute Gasteiger partial charge is 0.328 e. The second-order valence-corrected chi connectivity index (χ2v) is 5.05. The van der Waals surface area contributed by atoms with Crippen molar-refractivity contribution < 1.29 is 15.0 Å². The van der Waals surface area contributed by atoms with Gasteiger partial charge in [0.25, 0.3) is 0 Å². The number of carboxylic acid groups (broad SMARTS) is 1. The van der Waals surface area contributed by atoms with Gasteiger partial charge in [-0.25, -0.2) is 4.79 Å². The van der Waals surface area contributed by atoms with E-state index in [1.165, 1.54) is 6.08 Å². The third-order valence-electron chi connectivity index (χ3n) is 3.74. The van der Waals surface area contributed by atoms with Crippen LogP contribution in [0.15, 0.2) is 53.9 Å². The van der Waals surface area contributed by atoms with Crippen LogP contribution in [0.5, 0.6) is 0 Å². The highest BCUT2D eigenvalue weighted by Crippen LogP contribution is 2.35. The van der Waals surface area contributed by atoms with Crippen molar-refractivity contribution in [3.8, 4) is 0 Å². The lowest BCUT2D eigenvalue weighted by Crippen LogP contribution is -2.42. The van der Waals surface area contributed by atoms with E-state index in [2.05, 4.69) is 10.2 Å². The molecule has 0 saturated carbocycles. The standard InChI is InChI=1S/C15H16N2O3/c18-13(6-7-14(19)20)15-12-8-10(16-15)9-17(12)11-4-2-1-3-5-11/h1-7,10,12,16,18H,8-9H2,(H,19,20)/t10-,12-/m0/s1. The minimum absolute atomic E-state index is 0.000492. The van der Waals surface area contributed by atoms with Gasteiger partial charge in [-0.2, -0.15) is 0 Å². The number of allylic oxidation sites excluding steroid dienone is 1. The Bertz CT molecular complexity index is 580. The van der Waals surface area contributed by atoms with Crippen LogP contribution in [0.3, 0.4) is 0 Å². The molecule has 3 N–H and O–H groups in total. The van der Waals surface area contributed by atoms with Gasteiger partial charge in [-0.3, -0.25) is 0 Å². The maximum Gasteiger partial charge on any atom is 0.328 e. The van der Waals surface area contributed by atoms with E-state index < -0.39 is 5.97 Å². The van der Waals surface area contributed by atoms with Crippen molar-refractivity contribution in [1.82, 2.24) is 5.32 Å². The number of aliphatic hydroxyl groups excluding tert-OH is 1. The molecular formula is C15H16N2O3. The third-order valence-corrected chi connectivity index (χ3v) is 3.74. The minimum atomic E-state index is -1.07. The Morgan fingerprint density at radius 1 is 1.25 bits per heavy atom. The van der Waals surface area contributed by atoms with Crippen LogP contribution in [0.1, 0.15) is 6.42 Å². The second-order valence-electron chi connectivity index (χ2n) is 5.05. The first-order valence-corrected chi connectivity index (χ1v) is 6.57. The van der Waals surface area contributed by atoms with Gasteiger partial charge in [0.2, 0.25) is 0 Å². The maximum atomic E-state index is 10.5. The number of piperazine rings is 1. The summed E-state index contributed by atoms with van der Waals surface area (Å²) >= 11 is 0. The number of hydrogen-bond acceptors (Lipinski definition) is 4. The molecule has 2 bridgehead atoms. The van der Waals surface area contributed by atoms with Crippen molar-refractivity contribution in [2.24, 2.45) is 0 Å². The molecule has 0 radical (unpaired) electrons. The summed E-state index contributed by atoms with van der Waals surface area (Å²) in [5.41, 5.74) is 1.83. The van der Waals surface area contributed by atoms with Crippen molar-refractivity contribution in [2.45, 2.75) is 18.5 Å². The number of para-hydroxylation sites is 1. The number of rotatable bonds is 3. The van der Waals surface area contributed by atoms with Crippen molar-refractivity contribution >= 4 is 11.7 Å². The molecule has 20 heavy (non-hydrogen) atoms. The topological polar surface area (TPSA) is 72.8 Å². The molecule has 1 aromatic rings. The van der Waals surface area contributed by atoms with Crippen LogP contribution in [-0.4, -0.2) is 34.8 Å². The summed E-state index contributed by atoms with van der Waals surface area (Å²) in [5, 5.41) is 21.9. The Hall–Kier alpha value is -2.43. The van der Waals surface area contributed by atoms with E-state index in [1.54, 1.807) is 0 Å². The molecule has 0 aliphatic carbocycles. The number of benzene rings is 1. The summed E-state index contributed by atoms with van der Waals surface area (Å²) in [6, 6.07) is 10.4. The lowest BCUT2D eigenvalue weighted by atomic mass is 10.1. The summed E-state index contributed by atoms with van der Waals surface area (Å²) in [7, 11) is 0. The minimum Gasteiger partial charge on any atom is -0.506 e. The number of aliphatic carboxylic acids is 1. The maximum absolute atomic E-state index is 10.5. The van der Waals surface area contributed by atoms with Gasteiger partial charge in [-0.05, 0) is 24.6 Å². The van der Waals surface area contributed by atoms with E-state index in [0.717, 1.165) is 24.7 Å². The molecule has 2 heterocycles. The normalized spacial score (nSPS) is 26.9. The van der Waals surface area contributed by atoms with Crippen LogP contribution in [0, 0.1) is 0 Å². The Morgan fingerprint density at radius 3 is 2.65 bits per heavy atom. The molecule has 1 aromatic carbocycles. The van der Waals surface area contributed by atoms with E-state index in [9.17, 15) is 9.90 Å². The van der Waals surface area contributed by atoms with E-state index in [4.69, 9.17) is 5.11 Å². The highest BCUT2D eigenvalue weighted by molar-refractivity contribution is 5.80. The van der Waals surface area contributed by atoms with Gasteiger partial charge >= 0.3 is 5.97 Å². The van der Waals surface area contributed by atoms with Gasteiger partial charge in [0.1, 0.15) is 5.76 Å². The zero-order valence-electron chi connectivity index (χ0n) is 10.9. The zero-order chi connectivity index (χ0) is 14.1. The van der Waals surface area contributed by atoms with Crippen molar-refractivity contribution in [1.29, 1.82) is 0 Å². The molecule has 0 spiro atoms. The number of fused-ring (bicyclic) bond motifs is 2. The first-order chi connectivity index (χ1) is 9.65. The second kappa shape index (κ2) is 4.92. The van der Waals surface area contributed by atoms with Gasteiger partial charge in [0.05, 0.1) is 11.7 Å². The predicted octanol–water partition coefficient (Wildman–Crippen LogP) is 1.65. The van der Waals surface area contributed by atoms with E-state index in [1.807, 2.05) is 30.3 Å². The first-order valence-electron chi connectivity index (χ1n) is 6.57. The molecule has 2 saturated heterocycles. The number of carboxylic acids is 1. The summed E-state index contributed by atoms with van der Waals surface area (Å²) in [6.45, 7) is 0.897. The summed E-state index contributed by atoms with van der Waals surface area (Å²) in [5.74, 6) is -1.07. The number of carbonyl (C=O) groups is 1. The number of anilines is 1. The van der Waals surface area contributed by atoms with Crippen molar-refractivity contribution in [3.05, 3.63) is 53.9 Å². The predicted molar refractivity (Wildman–Crippen MR) is 75.5 cm³/mol. The molecule has 3 rings (SSSR count). The quantitative estimate of drug-likeness (QED) is 0.576. The first kappa shape index (κ1) is 12.6. The Kier molecular flexibility index (Phi) is 3.10. The molecule has 2 aliphatic heterocycles. The molecule has 2 atom stereocenters. The average Bonchev–Trinajstić information content (AvgIpc) is 3.05. The molecule has 0 aromatic heterocycles. The van der Waals surface area contributed by atoms with Crippen molar-refractivity contribution in [2.75, 3.05) is 11.4 Å². The molecule has 0 unspecified atom stereocenters. The summed E-state index contributed by atoms with van der Waals surface area (Å²) in [6.07, 6.45) is 3.10. The lowest BCUT2D eigenvalue weighted by molar-refractivity contribution is -0.131. The van der Waals surface area contributed by atoms with Crippen molar-refractivity contribution in [3.63, 3.8) is 0 Å². The van der Waals surface area contributed by atoms with Gasteiger partial charge in [0, 0.05) is 24.4 Å². The third kappa shape index (κ3) is 2.22. The largest absolute Gasteiger partial charge is 0.506 e. The summed E-state index contributed by atoms with van der Waals surface area (Å²) in [4.78, 5) is 12.8. The lowest BCUT2D eigenvalue weighted by Gasteiger charge is -2.32. The zero-order valence-corrected chi connectivity index (χ0v) is 10.9. The molecule has 2 fully saturated rings. The van der Waals surface area contributed by atoms with Crippen LogP contribution >= 0.6 is 0 Å². The molecular weight excluding hydrogens is 256 g/mol. The average molecular weight is 272 g/mol.